The lowest BCUT2D eigenvalue weighted by Gasteiger charge is -2.35. The highest BCUT2D eigenvalue weighted by atomic mass is 32.1. The highest BCUT2D eigenvalue weighted by Gasteiger charge is 2.23. The monoisotopic (exact) mass is 392 g/mol. The number of thiophene rings is 1. The van der Waals surface area contributed by atoms with Gasteiger partial charge in [-0.2, -0.15) is 4.98 Å². The molecular weight excluding hydrogens is 372 g/mol. The number of fused-ring (bicyclic) bond motifs is 1. The molecule has 3 aromatic heterocycles. The Bertz CT molecular complexity index is 1080. The van der Waals surface area contributed by atoms with Crippen LogP contribution in [0, 0.1) is 6.92 Å². The molecule has 0 aliphatic carbocycles. The number of anilines is 1. The molecule has 8 heteroatoms. The summed E-state index contributed by atoms with van der Waals surface area (Å²) in [4.78, 5) is 19.2. The Hall–Kier alpha value is -2.84. The molecule has 4 aromatic rings. The van der Waals surface area contributed by atoms with E-state index in [-0.39, 0.29) is 0 Å². The molecule has 1 saturated heterocycles. The van der Waals surface area contributed by atoms with E-state index in [9.17, 15) is 0 Å². The molecule has 0 unspecified atom stereocenters. The van der Waals surface area contributed by atoms with Gasteiger partial charge in [-0.15, -0.1) is 11.3 Å². The summed E-state index contributed by atoms with van der Waals surface area (Å²) in [5.41, 5.74) is 2.41. The predicted octanol–water partition coefficient (Wildman–Crippen LogP) is 3.37. The van der Waals surface area contributed by atoms with E-state index in [0.717, 1.165) is 42.2 Å². The third-order valence-electron chi connectivity index (χ3n) is 5.04. The Morgan fingerprint density at radius 2 is 1.89 bits per heavy atom. The molecule has 1 fully saturated rings. The molecule has 0 radical (unpaired) electrons. The summed E-state index contributed by atoms with van der Waals surface area (Å²) in [6, 6.07) is 10.5. The number of hydrogen-bond acceptors (Lipinski definition) is 8. The highest BCUT2D eigenvalue weighted by Crippen LogP contribution is 2.37. The number of rotatable bonds is 4. The molecule has 4 heterocycles. The van der Waals surface area contributed by atoms with Gasteiger partial charge in [-0.25, -0.2) is 9.97 Å². The van der Waals surface area contributed by atoms with Crippen LogP contribution in [-0.4, -0.2) is 51.2 Å². The van der Waals surface area contributed by atoms with Gasteiger partial charge in [0, 0.05) is 37.1 Å². The maximum atomic E-state index is 5.25. The van der Waals surface area contributed by atoms with Gasteiger partial charge in [0.25, 0.3) is 0 Å². The third kappa shape index (κ3) is 3.25. The largest absolute Gasteiger partial charge is 0.353 e. The van der Waals surface area contributed by atoms with E-state index < -0.39 is 0 Å². The van der Waals surface area contributed by atoms with Crippen molar-refractivity contribution in [1.29, 1.82) is 0 Å². The fraction of sp³-hybridized carbons (Fsp3) is 0.300. The molecule has 5 rings (SSSR count). The van der Waals surface area contributed by atoms with Crippen LogP contribution in [0.15, 0.2) is 46.6 Å². The topological polar surface area (TPSA) is 71.2 Å². The van der Waals surface area contributed by atoms with Crippen LogP contribution in [0.4, 0.5) is 5.82 Å². The van der Waals surface area contributed by atoms with E-state index in [4.69, 9.17) is 4.52 Å². The summed E-state index contributed by atoms with van der Waals surface area (Å²) in [5, 5.41) is 7.21. The zero-order chi connectivity index (χ0) is 18.9. The van der Waals surface area contributed by atoms with Crippen LogP contribution in [0.25, 0.3) is 21.3 Å². The van der Waals surface area contributed by atoms with E-state index in [2.05, 4.69) is 59.6 Å². The van der Waals surface area contributed by atoms with Crippen molar-refractivity contribution < 1.29 is 4.52 Å². The van der Waals surface area contributed by atoms with Crippen LogP contribution >= 0.6 is 11.3 Å². The number of piperazine rings is 1. The predicted molar refractivity (Wildman–Crippen MR) is 109 cm³/mol. The average molecular weight is 392 g/mol. The summed E-state index contributed by atoms with van der Waals surface area (Å²) in [5.74, 6) is 2.39. The van der Waals surface area contributed by atoms with Gasteiger partial charge in [0.1, 0.15) is 17.0 Å². The van der Waals surface area contributed by atoms with Crippen LogP contribution in [-0.2, 0) is 6.54 Å². The van der Waals surface area contributed by atoms with Crippen molar-refractivity contribution in [2.24, 2.45) is 0 Å². The highest BCUT2D eigenvalue weighted by molar-refractivity contribution is 7.17. The lowest BCUT2D eigenvalue weighted by atomic mass is 10.1. The molecule has 0 N–H and O–H groups in total. The molecule has 0 atom stereocenters. The fourth-order valence-corrected chi connectivity index (χ4v) is 4.55. The first-order valence-electron chi connectivity index (χ1n) is 9.32. The van der Waals surface area contributed by atoms with E-state index in [1.165, 1.54) is 11.1 Å². The summed E-state index contributed by atoms with van der Waals surface area (Å²) in [6.45, 7) is 6.21. The average Bonchev–Trinajstić information content (AvgIpc) is 3.35. The standard InChI is InChI=1S/C20H20N6OS/c1-14-23-17(27-24-14)11-25-7-9-26(10-8-25)19-18-16(15-5-3-2-4-6-15)12-28-20(18)22-13-21-19/h2-6,12-13H,7-11H2,1H3. The number of nitrogens with zero attached hydrogens (tertiary/aromatic N) is 6. The number of aryl methyl sites for hydroxylation is 1. The molecule has 0 bridgehead atoms. The minimum Gasteiger partial charge on any atom is -0.353 e. The Morgan fingerprint density at radius 1 is 1.07 bits per heavy atom. The van der Waals surface area contributed by atoms with Crippen molar-refractivity contribution in [1.82, 2.24) is 25.0 Å². The first kappa shape index (κ1) is 17.3. The maximum Gasteiger partial charge on any atom is 0.240 e. The SMILES string of the molecule is Cc1noc(CN2CCN(c3ncnc4scc(-c5ccccc5)c34)CC2)n1. The van der Waals surface area contributed by atoms with Crippen molar-refractivity contribution >= 4 is 27.4 Å². The molecule has 28 heavy (non-hydrogen) atoms. The first-order valence-corrected chi connectivity index (χ1v) is 10.2. The molecular formula is C20H20N6OS. The van der Waals surface area contributed by atoms with Crippen molar-refractivity contribution in [2.75, 3.05) is 31.1 Å². The second-order valence-electron chi connectivity index (χ2n) is 6.89. The summed E-state index contributed by atoms with van der Waals surface area (Å²) in [6.07, 6.45) is 1.68. The zero-order valence-corrected chi connectivity index (χ0v) is 16.4. The molecule has 1 aromatic carbocycles. The van der Waals surface area contributed by atoms with Crippen molar-refractivity contribution in [3.63, 3.8) is 0 Å². The number of hydrogen-bond donors (Lipinski definition) is 0. The Labute approximate surface area is 166 Å². The quantitative estimate of drug-likeness (QED) is 0.527. The second-order valence-corrected chi connectivity index (χ2v) is 7.75. The zero-order valence-electron chi connectivity index (χ0n) is 15.6. The van der Waals surface area contributed by atoms with Crippen LogP contribution in [0.5, 0.6) is 0 Å². The van der Waals surface area contributed by atoms with Crippen LogP contribution < -0.4 is 4.90 Å². The van der Waals surface area contributed by atoms with Crippen LogP contribution in [0.3, 0.4) is 0 Å². The fourth-order valence-electron chi connectivity index (χ4n) is 3.64. The summed E-state index contributed by atoms with van der Waals surface area (Å²) < 4.78 is 5.25. The number of aromatic nitrogens is 4. The normalized spacial score (nSPS) is 15.4. The van der Waals surface area contributed by atoms with Crippen molar-refractivity contribution in [2.45, 2.75) is 13.5 Å². The van der Waals surface area contributed by atoms with E-state index in [0.29, 0.717) is 18.3 Å². The van der Waals surface area contributed by atoms with Crippen molar-refractivity contribution in [3.8, 4) is 11.1 Å². The van der Waals surface area contributed by atoms with E-state index >= 15 is 0 Å². The summed E-state index contributed by atoms with van der Waals surface area (Å²) in [7, 11) is 0. The van der Waals surface area contributed by atoms with Gasteiger partial charge in [-0.1, -0.05) is 35.5 Å². The molecule has 1 aliphatic heterocycles. The lowest BCUT2D eigenvalue weighted by molar-refractivity contribution is 0.215. The second kappa shape index (κ2) is 7.29. The molecule has 0 spiro atoms. The maximum absolute atomic E-state index is 5.25. The van der Waals surface area contributed by atoms with Crippen molar-refractivity contribution in [3.05, 3.63) is 53.8 Å². The molecule has 0 saturated carbocycles. The first-order chi connectivity index (χ1) is 13.8. The summed E-state index contributed by atoms with van der Waals surface area (Å²) >= 11 is 1.68. The van der Waals surface area contributed by atoms with Gasteiger partial charge >= 0.3 is 0 Å². The minimum atomic E-state index is 0.680. The van der Waals surface area contributed by atoms with E-state index in [1.54, 1.807) is 17.7 Å². The van der Waals surface area contributed by atoms with Crippen LogP contribution in [0.2, 0.25) is 0 Å². The smallest absolute Gasteiger partial charge is 0.240 e. The lowest BCUT2D eigenvalue weighted by Crippen LogP contribution is -2.46. The molecule has 7 nitrogen and oxygen atoms in total. The molecule has 142 valence electrons. The Morgan fingerprint density at radius 3 is 2.64 bits per heavy atom. The third-order valence-corrected chi connectivity index (χ3v) is 5.92. The Kier molecular flexibility index (Phi) is 4.50. The number of benzene rings is 1. The minimum absolute atomic E-state index is 0.680. The molecule has 0 amide bonds. The van der Waals surface area contributed by atoms with Gasteiger partial charge in [0.2, 0.25) is 5.89 Å². The van der Waals surface area contributed by atoms with Gasteiger partial charge in [-0.05, 0) is 12.5 Å². The van der Waals surface area contributed by atoms with Gasteiger partial charge < -0.3 is 9.42 Å². The van der Waals surface area contributed by atoms with E-state index in [1.807, 2.05) is 13.0 Å². The molecule has 1 aliphatic rings. The Balaban J connectivity index is 1.39. The van der Waals surface area contributed by atoms with Gasteiger partial charge in [0.05, 0.1) is 11.9 Å². The van der Waals surface area contributed by atoms with Gasteiger partial charge in [0.15, 0.2) is 5.82 Å². The van der Waals surface area contributed by atoms with Gasteiger partial charge in [-0.3, -0.25) is 4.90 Å². The van der Waals surface area contributed by atoms with Crippen LogP contribution in [0.1, 0.15) is 11.7 Å².